The number of hydrogen-bond acceptors (Lipinski definition) is 4. The van der Waals surface area contributed by atoms with Crippen molar-refractivity contribution in [3.63, 3.8) is 0 Å². The number of alkyl halides is 1. The van der Waals surface area contributed by atoms with Crippen LogP contribution in [0.1, 0.15) is 39.2 Å². The van der Waals surface area contributed by atoms with Crippen LogP contribution in [-0.2, 0) is 16.0 Å². The van der Waals surface area contributed by atoms with Crippen LogP contribution in [-0.4, -0.2) is 22.3 Å². The molecule has 1 rings (SSSR count). The fraction of sp³-hybridized carbons (Fsp3) is 0.533. The number of hydrogen-bond donors (Lipinski definition) is 0. The summed E-state index contributed by atoms with van der Waals surface area (Å²) in [6, 6.07) is 8.35. The van der Waals surface area contributed by atoms with Gasteiger partial charge in [0.15, 0.2) is 0 Å². The second kappa shape index (κ2) is 6.65. The fourth-order valence-electron chi connectivity index (χ4n) is 1.84. The first kappa shape index (κ1) is 17.1. The van der Waals surface area contributed by atoms with Crippen LogP contribution in [0.3, 0.4) is 0 Å². The molecule has 0 aliphatic rings. The van der Waals surface area contributed by atoms with E-state index in [1.165, 1.54) is 0 Å². The van der Waals surface area contributed by atoms with Gasteiger partial charge in [0.2, 0.25) is 0 Å². The molecule has 0 aliphatic carbocycles. The molecule has 0 amide bonds. The first-order chi connectivity index (χ1) is 9.62. The van der Waals surface area contributed by atoms with Crippen LogP contribution in [0.2, 0.25) is 0 Å². The predicted octanol–water partition coefficient (Wildman–Crippen LogP) is 3.29. The van der Waals surface area contributed by atoms with E-state index in [-0.39, 0.29) is 12.8 Å². The van der Waals surface area contributed by atoms with Gasteiger partial charge in [-0.05, 0) is 26.3 Å². The molecule has 5 nitrogen and oxygen atoms in total. The number of carbonyl (C=O) groups excluding carboxylic acids is 1. The van der Waals surface area contributed by atoms with Gasteiger partial charge in [-0.2, -0.15) is 4.39 Å². The molecule has 0 radical (unpaired) electrons. The van der Waals surface area contributed by atoms with Crippen LogP contribution < -0.4 is 0 Å². The van der Waals surface area contributed by atoms with Crippen molar-refractivity contribution < 1.29 is 18.8 Å². The van der Waals surface area contributed by atoms with Gasteiger partial charge in [0.05, 0.1) is 24.2 Å². The molecule has 1 aromatic rings. The molecule has 0 saturated carbocycles. The molecule has 1 aromatic carbocycles. The minimum atomic E-state index is -2.67. The van der Waals surface area contributed by atoms with Crippen LogP contribution in [0.15, 0.2) is 30.3 Å². The highest BCUT2D eigenvalue weighted by Gasteiger charge is 2.43. The van der Waals surface area contributed by atoms with E-state index in [0.29, 0.717) is 5.56 Å². The Kier molecular flexibility index (Phi) is 5.41. The van der Waals surface area contributed by atoms with E-state index in [1.807, 2.05) is 0 Å². The Labute approximate surface area is 123 Å². The van der Waals surface area contributed by atoms with Crippen LogP contribution in [0.25, 0.3) is 0 Å². The van der Waals surface area contributed by atoms with E-state index in [4.69, 9.17) is 4.74 Å². The molecular weight excluding hydrogens is 277 g/mol. The number of nitrogens with zero attached hydrogens (tertiary/aromatic N) is 1. The van der Waals surface area contributed by atoms with Crippen molar-refractivity contribution in [2.24, 2.45) is 0 Å². The maximum Gasteiger partial charge on any atom is 0.363 e. The lowest BCUT2D eigenvalue weighted by atomic mass is 10.00. The van der Waals surface area contributed by atoms with Crippen molar-refractivity contribution in [3.8, 4) is 0 Å². The summed E-state index contributed by atoms with van der Waals surface area (Å²) in [5.41, 5.74) is -0.176. The van der Waals surface area contributed by atoms with Gasteiger partial charge < -0.3 is 4.74 Å². The SMILES string of the molecule is CC(C)(C)OC(=O)CCC(F)(Cc1ccccc1)[N+](=O)[O-]. The number of esters is 1. The van der Waals surface area contributed by atoms with Gasteiger partial charge in [-0.25, -0.2) is 0 Å². The highest BCUT2D eigenvalue weighted by Crippen LogP contribution is 2.25. The number of nitro groups is 1. The van der Waals surface area contributed by atoms with E-state index < -0.39 is 28.7 Å². The Bertz CT molecular complexity index is 498. The molecule has 0 saturated heterocycles. The zero-order valence-corrected chi connectivity index (χ0v) is 12.5. The third kappa shape index (κ3) is 5.89. The number of rotatable bonds is 6. The summed E-state index contributed by atoms with van der Waals surface area (Å²) >= 11 is 0. The molecule has 0 fully saturated rings. The van der Waals surface area contributed by atoms with Crippen LogP contribution in [0, 0.1) is 10.1 Å². The van der Waals surface area contributed by atoms with Crippen molar-refractivity contribution in [3.05, 3.63) is 46.0 Å². The monoisotopic (exact) mass is 297 g/mol. The number of benzene rings is 1. The lowest BCUT2D eigenvalue weighted by Crippen LogP contribution is -2.37. The smallest absolute Gasteiger partial charge is 0.363 e. The molecule has 0 bridgehead atoms. The van der Waals surface area contributed by atoms with Crippen LogP contribution in [0.5, 0.6) is 0 Å². The second-order valence-electron chi connectivity index (χ2n) is 5.92. The Morgan fingerprint density at radius 1 is 1.29 bits per heavy atom. The van der Waals surface area contributed by atoms with Gasteiger partial charge in [-0.3, -0.25) is 14.9 Å². The Morgan fingerprint density at radius 3 is 2.33 bits per heavy atom. The van der Waals surface area contributed by atoms with E-state index in [2.05, 4.69) is 0 Å². The summed E-state index contributed by atoms with van der Waals surface area (Å²) in [6.45, 7) is 5.06. The van der Waals surface area contributed by atoms with E-state index >= 15 is 0 Å². The molecule has 0 heterocycles. The van der Waals surface area contributed by atoms with Crippen molar-refractivity contribution >= 4 is 5.97 Å². The minimum Gasteiger partial charge on any atom is -0.460 e. The van der Waals surface area contributed by atoms with E-state index in [9.17, 15) is 19.3 Å². The molecule has 0 aliphatic heterocycles. The molecule has 0 spiro atoms. The second-order valence-corrected chi connectivity index (χ2v) is 5.92. The Morgan fingerprint density at radius 2 is 1.86 bits per heavy atom. The maximum atomic E-state index is 14.5. The van der Waals surface area contributed by atoms with Gasteiger partial charge >= 0.3 is 11.8 Å². The van der Waals surface area contributed by atoms with Gasteiger partial charge in [0.1, 0.15) is 5.60 Å². The number of carbonyl (C=O) groups is 1. The average Bonchev–Trinajstić information content (AvgIpc) is 2.35. The molecule has 0 N–H and O–H groups in total. The topological polar surface area (TPSA) is 69.4 Å². The summed E-state index contributed by atoms with van der Waals surface area (Å²) in [4.78, 5) is 21.6. The predicted molar refractivity (Wildman–Crippen MR) is 76.1 cm³/mol. The lowest BCUT2D eigenvalue weighted by molar-refractivity contribution is -0.606. The molecule has 116 valence electrons. The van der Waals surface area contributed by atoms with Gasteiger partial charge in [-0.15, -0.1) is 0 Å². The van der Waals surface area contributed by atoms with E-state index in [0.717, 1.165) is 0 Å². The quantitative estimate of drug-likeness (QED) is 0.349. The third-order valence-electron chi connectivity index (χ3n) is 2.78. The number of ether oxygens (including phenoxy) is 1. The summed E-state index contributed by atoms with van der Waals surface area (Å²) in [5.74, 6) is -3.31. The van der Waals surface area contributed by atoms with Crippen molar-refractivity contribution in [2.75, 3.05) is 0 Å². The summed E-state index contributed by atoms with van der Waals surface area (Å²) < 4.78 is 19.5. The summed E-state index contributed by atoms with van der Waals surface area (Å²) in [6.07, 6.45) is -1.21. The zero-order valence-electron chi connectivity index (χ0n) is 12.5. The highest BCUT2D eigenvalue weighted by molar-refractivity contribution is 5.69. The van der Waals surface area contributed by atoms with E-state index in [1.54, 1.807) is 51.1 Å². The first-order valence-corrected chi connectivity index (χ1v) is 6.72. The Hall–Kier alpha value is -1.98. The third-order valence-corrected chi connectivity index (χ3v) is 2.78. The highest BCUT2D eigenvalue weighted by atomic mass is 19.1. The first-order valence-electron chi connectivity index (χ1n) is 6.72. The molecule has 21 heavy (non-hydrogen) atoms. The average molecular weight is 297 g/mol. The zero-order chi connectivity index (χ0) is 16.1. The van der Waals surface area contributed by atoms with Gasteiger partial charge in [-0.1, -0.05) is 30.3 Å². The normalized spacial score (nSPS) is 14.3. The molecule has 1 unspecified atom stereocenters. The maximum absolute atomic E-state index is 14.5. The van der Waals surface area contributed by atoms with Crippen LogP contribution >= 0.6 is 0 Å². The summed E-state index contributed by atoms with van der Waals surface area (Å²) in [7, 11) is 0. The molecule has 1 atom stereocenters. The van der Waals surface area contributed by atoms with Gasteiger partial charge in [0, 0.05) is 0 Å². The number of halogens is 1. The molecule has 6 heteroatoms. The van der Waals surface area contributed by atoms with Crippen LogP contribution in [0.4, 0.5) is 4.39 Å². The minimum absolute atomic E-state index is 0.332. The fourth-order valence-corrected chi connectivity index (χ4v) is 1.84. The largest absolute Gasteiger partial charge is 0.460 e. The molecular formula is C15H20FNO4. The van der Waals surface area contributed by atoms with Crippen molar-refractivity contribution in [2.45, 2.75) is 51.4 Å². The van der Waals surface area contributed by atoms with Crippen molar-refractivity contribution in [1.29, 1.82) is 0 Å². The standard InChI is InChI=1S/C15H20FNO4/c1-14(2,3)21-13(18)9-10-15(16,17(19)20)11-12-7-5-4-6-8-12/h4-8H,9-11H2,1-3H3. The molecule has 0 aromatic heterocycles. The lowest BCUT2D eigenvalue weighted by Gasteiger charge is -2.21. The Balaban J connectivity index is 2.69. The van der Waals surface area contributed by atoms with Crippen molar-refractivity contribution in [1.82, 2.24) is 0 Å². The van der Waals surface area contributed by atoms with Gasteiger partial charge in [0.25, 0.3) is 0 Å². The summed E-state index contributed by atoms with van der Waals surface area (Å²) in [5, 5.41) is 11.0.